The molecular formula is C52H96NO10P. The summed E-state index contributed by atoms with van der Waals surface area (Å²) in [5.41, 5.74) is 0. The SMILES string of the molecule is CCCCC/C=C\C/C=C\CCCCCCCCCCCCCC(=O)OCC(O)COP(=O)(O)OCC(NC(=O)CCCCCCCCCCC/C=C/CCCCCCCC)C(=O)O. The lowest BCUT2D eigenvalue weighted by Gasteiger charge is -2.18. The Labute approximate surface area is 391 Å². The van der Waals surface area contributed by atoms with Gasteiger partial charge in [0.2, 0.25) is 5.91 Å². The third-order valence-electron chi connectivity index (χ3n) is 11.4. The van der Waals surface area contributed by atoms with Crippen LogP contribution in [0.15, 0.2) is 36.5 Å². The van der Waals surface area contributed by atoms with E-state index >= 15 is 0 Å². The van der Waals surface area contributed by atoms with Crippen LogP contribution in [0.3, 0.4) is 0 Å². The van der Waals surface area contributed by atoms with Gasteiger partial charge in [0, 0.05) is 12.8 Å². The van der Waals surface area contributed by atoms with Crippen molar-refractivity contribution in [1.82, 2.24) is 5.32 Å². The summed E-state index contributed by atoms with van der Waals surface area (Å²) >= 11 is 0. The molecule has 0 aromatic carbocycles. The number of carboxylic acid groups (broad SMARTS) is 1. The van der Waals surface area contributed by atoms with Crippen LogP contribution in [0.2, 0.25) is 0 Å². The molecule has 0 aromatic rings. The molecule has 0 aliphatic heterocycles. The van der Waals surface area contributed by atoms with Crippen molar-refractivity contribution < 1.29 is 47.8 Å². The van der Waals surface area contributed by atoms with E-state index in [1.807, 2.05) is 0 Å². The number of hydrogen-bond acceptors (Lipinski definition) is 8. The Bertz CT molecular complexity index is 1220. The molecule has 4 N–H and O–H groups in total. The molecule has 0 aliphatic rings. The molecule has 0 fully saturated rings. The summed E-state index contributed by atoms with van der Waals surface area (Å²) in [7, 11) is -4.76. The number of aliphatic hydroxyl groups excluding tert-OH is 1. The standard InChI is InChI=1S/C52H96NO10P/c1-3-5-7-9-11-13-15-17-19-21-23-24-26-28-30-32-34-36-38-40-42-44-51(56)61-45-48(54)46-62-64(59,60)63-47-49(52(57)58)53-50(55)43-41-39-37-35-33-31-29-27-25-22-20-18-16-14-12-10-8-6-4-2/h11,13,17-20,48-49,54H,3-10,12,14-16,21-47H2,1-2H3,(H,53,55)(H,57,58)(H,59,60)/b13-11-,19-17-,20-18+. The Kier molecular flexibility index (Phi) is 45.5. The van der Waals surface area contributed by atoms with Crippen molar-refractivity contribution in [3.63, 3.8) is 0 Å². The lowest BCUT2D eigenvalue weighted by Crippen LogP contribution is -2.43. The molecule has 0 aromatic heterocycles. The molecule has 1 amide bonds. The summed E-state index contributed by atoms with van der Waals surface area (Å²) in [6.07, 6.45) is 53.0. The van der Waals surface area contributed by atoms with Gasteiger partial charge in [0.1, 0.15) is 12.7 Å². The Morgan fingerprint density at radius 3 is 1.31 bits per heavy atom. The lowest BCUT2D eigenvalue weighted by atomic mass is 10.0. The molecule has 0 rings (SSSR count). The zero-order chi connectivity index (χ0) is 47.0. The van der Waals surface area contributed by atoms with E-state index in [9.17, 15) is 34.1 Å². The van der Waals surface area contributed by atoms with E-state index in [4.69, 9.17) is 13.8 Å². The molecule has 0 saturated heterocycles. The Hall–Kier alpha value is -2.30. The quantitative estimate of drug-likeness (QED) is 0.0199. The van der Waals surface area contributed by atoms with Crippen molar-refractivity contribution in [1.29, 1.82) is 0 Å². The van der Waals surface area contributed by atoms with E-state index in [1.54, 1.807) is 0 Å². The first-order valence-corrected chi connectivity index (χ1v) is 27.5. The number of aliphatic hydroxyl groups is 1. The number of phosphoric ester groups is 1. The van der Waals surface area contributed by atoms with Gasteiger partial charge in [-0.25, -0.2) is 9.36 Å². The van der Waals surface area contributed by atoms with Gasteiger partial charge in [0.05, 0.1) is 13.2 Å². The zero-order valence-corrected chi connectivity index (χ0v) is 41.7. The molecular weight excluding hydrogens is 830 g/mol. The first-order chi connectivity index (χ1) is 31.1. The number of aliphatic carboxylic acids is 1. The normalized spacial score (nSPS) is 13.8. The van der Waals surface area contributed by atoms with Crippen LogP contribution >= 0.6 is 7.82 Å². The maximum Gasteiger partial charge on any atom is 0.472 e. The number of hydrogen-bond donors (Lipinski definition) is 4. The van der Waals surface area contributed by atoms with E-state index < -0.39 is 57.6 Å². The summed E-state index contributed by atoms with van der Waals surface area (Å²) in [5.74, 6) is -2.37. The molecule has 12 heteroatoms. The number of phosphoric acid groups is 1. The van der Waals surface area contributed by atoms with Crippen LogP contribution in [-0.2, 0) is 32.7 Å². The fourth-order valence-corrected chi connectivity index (χ4v) is 8.11. The van der Waals surface area contributed by atoms with Gasteiger partial charge in [-0.15, -0.1) is 0 Å². The van der Waals surface area contributed by atoms with Crippen molar-refractivity contribution in [2.45, 2.75) is 257 Å². The molecule has 374 valence electrons. The molecule has 0 saturated carbocycles. The maximum absolute atomic E-state index is 12.4. The number of amides is 1. The molecule has 11 nitrogen and oxygen atoms in total. The van der Waals surface area contributed by atoms with Gasteiger partial charge in [-0.2, -0.15) is 0 Å². The minimum Gasteiger partial charge on any atom is -0.480 e. The topological polar surface area (TPSA) is 169 Å². The molecule has 3 unspecified atom stereocenters. The summed E-state index contributed by atoms with van der Waals surface area (Å²) in [6, 6.07) is -1.55. The molecule has 0 radical (unpaired) electrons. The van der Waals surface area contributed by atoms with E-state index in [0.717, 1.165) is 44.9 Å². The van der Waals surface area contributed by atoms with Gasteiger partial charge in [-0.3, -0.25) is 18.6 Å². The van der Waals surface area contributed by atoms with Gasteiger partial charge in [0.15, 0.2) is 6.04 Å². The average molecular weight is 926 g/mol. The van der Waals surface area contributed by atoms with Crippen LogP contribution in [0.5, 0.6) is 0 Å². The fraction of sp³-hybridized carbons (Fsp3) is 0.827. The third-order valence-corrected chi connectivity index (χ3v) is 12.4. The predicted octanol–water partition coefficient (Wildman–Crippen LogP) is 14.3. The number of carbonyl (C=O) groups excluding carboxylic acids is 2. The second kappa shape index (κ2) is 47.2. The summed E-state index contributed by atoms with van der Waals surface area (Å²) in [6.45, 7) is 2.60. The highest BCUT2D eigenvalue weighted by Gasteiger charge is 2.28. The fourth-order valence-electron chi connectivity index (χ4n) is 7.34. The maximum atomic E-state index is 12.4. The average Bonchev–Trinajstić information content (AvgIpc) is 3.27. The minimum absolute atomic E-state index is 0.144. The van der Waals surface area contributed by atoms with Crippen molar-refractivity contribution >= 4 is 25.7 Å². The smallest absolute Gasteiger partial charge is 0.472 e. The van der Waals surface area contributed by atoms with Crippen molar-refractivity contribution in [2.24, 2.45) is 0 Å². The van der Waals surface area contributed by atoms with Crippen molar-refractivity contribution in [2.75, 3.05) is 19.8 Å². The minimum atomic E-state index is -4.76. The molecule has 0 bridgehead atoms. The van der Waals surface area contributed by atoms with Gasteiger partial charge in [-0.1, -0.05) is 198 Å². The Balaban J connectivity index is 3.81. The second-order valence-corrected chi connectivity index (χ2v) is 19.2. The molecule has 0 aliphatic carbocycles. The number of unbranched alkanes of at least 4 members (excludes halogenated alkanes) is 29. The Morgan fingerprint density at radius 2 is 0.859 bits per heavy atom. The summed E-state index contributed by atoms with van der Waals surface area (Å²) < 4.78 is 27.0. The highest BCUT2D eigenvalue weighted by atomic mass is 31.2. The number of nitrogens with one attached hydrogen (secondary N) is 1. The van der Waals surface area contributed by atoms with Crippen molar-refractivity contribution in [3.05, 3.63) is 36.5 Å². The number of carbonyl (C=O) groups is 3. The lowest BCUT2D eigenvalue weighted by molar-refractivity contribution is -0.147. The number of ether oxygens (including phenoxy) is 1. The van der Waals surface area contributed by atoms with Gasteiger partial charge >= 0.3 is 19.8 Å². The second-order valence-electron chi connectivity index (χ2n) is 17.7. The number of rotatable bonds is 49. The number of carboxylic acids is 1. The highest BCUT2D eigenvalue weighted by Crippen LogP contribution is 2.43. The number of allylic oxidation sites excluding steroid dienone is 6. The molecule has 0 heterocycles. The van der Waals surface area contributed by atoms with Gasteiger partial charge in [-0.05, 0) is 70.6 Å². The van der Waals surface area contributed by atoms with Gasteiger partial charge < -0.3 is 25.2 Å². The number of esters is 1. The van der Waals surface area contributed by atoms with Crippen molar-refractivity contribution in [3.8, 4) is 0 Å². The predicted molar refractivity (Wildman–Crippen MR) is 263 cm³/mol. The summed E-state index contributed by atoms with van der Waals surface area (Å²) in [4.78, 5) is 46.1. The van der Waals surface area contributed by atoms with Crippen LogP contribution in [0.25, 0.3) is 0 Å². The third kappa shape index (κ3) is 46.2. The molecule has 0 spiro atoms. The van der Waals surface area contributed by atoms with Crippen LogP contribution in [0.4, 0.5) is 0 Å². The zero-order valence-electron chi connectivity index (χ0n) is 40.8. The molecule has 3 atom stereocenters. The largest absolute Gasteiger partial charge is 0.480 e. The van der Waals surface area contributed by atoms with Crippen LogP contribution < -0.4 is 5.32 Å². The van der Waals surface area contributed by atoms with E-state index in [1.165, 1.54) is 161 Å². The summed E-state index contributed by atoms with van der Waals surface area (Å²) in [5, 5.41) is 21.9. The first-order valence-electron chi connectivity index (χ1n) is 26.0. The highest BCUT2D eigenvalue weighted by molar-refractivity contribution is 7.47. The van der Waals surface area contributed by atoms with Crippen LogP contribution in [0, 0.1) is 0 Å². The van der Waals surface area contributed by atoms with Gasteiger partial charge in [0.25, 0.3) is 0 Å². The van der Waals surface area contributed by atoms with E-state index in [0.29, 0.717) is 12.8 Å². The Morgan fingerprint density at radius 1 is 0.500 bits per heavy atom. The van der Waals surface area contributed by atoms with E-state index in [2.05, 4.69) is 55.6 Å². The van der Waals surface area contributed by atoms with Crippen LogP contribution in [-0.4, -0.2) is 64.9 Å². The van der Waals surface area contributed by atoms with Crippen LogP contribution in [0.1, 0.15) is 245 Å². The monoisotopic (exact) mass is 926 g/mol. The molecule has 64 heavy (non-hydrogen) atoms. The van der Waals surface area contributed by atoms with E-state index in [-0.39, 0.29) is 12.8 Å². The first kappa shape index (κ1) is 61.7.